The third kappa shape index (κ3) is 5.68. The molecule has 0 amide bonds. The molecule has 28 heavy (non-hydrogen) atoms. The van der Waals surface area contributed by atoms with Gasteiger partial charge in [-0.15, -0.1) is 0 Å². The monoisotopic (exact) mass is 386 g/mol. The van der Waals surface area contributed by atoms with Crippen LogP contribution < -0.4 is 5.73 Å². The summed E-state index contributed by atoms with van der Waals surface area (Å²) in [5, 5.41) is 1.08. The highest BCUT2D eigenvalue weighted by Gasteiger charge is 2.21. The number of para-hydroxylation sites is 1. The van der Waals surface area contributed by atoms with Crippen molar-refractivity contribution in [1.82, 2.24) is 4.57 Å². The highest BCUT2D eigenvalue weighted by molar-refractivity contribution is 5.93. The van der Waals surface area contributed by atoms with E-state index < -0.39 is 6.04 Å². The molecular formula is C23H34N2O3. The van der Waals surface area contributed by atoms with Gasteiger partial charge in [-0.3, -0.25) is 9.59 Å². The van der Waals surface area contributed by atoms with Crippen molar-refractivity contribution in [1.29, 1.82) is 0 Å². The van der Waals surface area contributed by atoms with Crippen molar-refractivity contribution >= 4 is 22.7 Å². The minimum absolute atomic E-state index is 0.157. The summed E-state index contributed by atoms with van der Waals surface area (Å²) < 4.78 is 7.44. The van der Waals surface area contributed by atoms with E-state index in [1.165, 1.54) is 0 Å². The third-order valence-electron chi connectivity index (χ3n) is 4.98. The summed E-state index contributed by atoms with van der Waals surface area (Å²) in [7, 11) is 0. The quantitative estimate of drug-likeness (QED) is 0.619. The second-order valence-electron chi connectivity index (χ2n) is 8.48. The number of rotatable bonds is 10. The predicted molar refractivity (Wildman–Crippen MR) is 113 cm³/mol. The van der Waals surface area contributed by atoms with Crippen LogP contribution >= 0.6 is 0 Å². The molecule has 2 aromatic rings. The molecule has 5 nitrogen and oxygen atoms in total. The number of aromatic nitrogens is 1. The number of ether oxygens (including phenoxy) is 1. The molecule has 0 bridgehead atoms. The smallest absolute Gasteiger partial charge is 0.322 e. The molecule has 1 aromatic heterocycles. The molecule has 0 aliphatic heterocycles. The second kappa shape index (κ2) is 9.87. The molecule has 0 fully saturated rings. The maximum atomic E-state index is 12.6. The molecule has 2 rings (SSSR count). The lowest BCUT2D eigenvalue weighted by molar-refractivity contribution is -0.145. The lowest BCUT2D eigenvalue weighted by atomic mass is 9.91. The fourth-order valence-electron chi connectivity index (χ4n) is 3.51. The first kappa shape index (κ1) is 22.2. The second-order valence-corrected chi connectivity index (χ2v) is 8.48. The number of carbonyl (C=O) groups excluding carboxylic acids is 2. The van der Waals surface area contributed by atoms with Crippen LogP contribution in [0.5, 0.6) is 0 Å². The molecule has 1 aromatic carbocycles. The number of hydrogen-bond acceptors (Lipinski definition) is 4. The van der Waals surface area contributed by atoms with Crippen molar-refractivity contribution in [2.75, 3.05) is 6.61 Å². The Morgan fingerprint density at radius 1 is 1.07 bits per heavy atom. The molecular weight excluding hydrogens is 352 g/mol. The number of carbonyl (C=O) groups is 2. The first-order valence-corrected chi connectivity index (χ1v) is 10.2. The molecule has 1 heterocycles. The van der Waals surface area contributed by atoms with Gasteiger partial charge in [0.25, 0.3) is 0 Å². The number of benzene rings is 1. The average Bonchev–Trinajstić information content (AvgIpc) is 2.98. The molecule has 5 heteroatoms. The molecule has 154 valence electrons. The summed E-state index contributed by atoms with van der Waals surface area (Å²) in [5.41, 5.74) is 7.96. The van der Waals surface area contributed by atoms with Crippen LogP contribution in [0.2, 0.25) is 0 Å². The van der Waals surface area contributed by atoms with Crippen molar-refractivity contribution in [3.63, 3.8) is 0 Å². The average molecular weight is 387 g/mol. The Morgan fingerprint density at radius 3 is 2.39 bits per heavy atom. The first-order valence-electron chi connectivity index (χ1n) is 10.2. The van der Waals surface area contributed by atoms with Crippen molar-refractivity contribution in [3.8, 4) is 0 Å². The Labute approximate surface area is 168 Å². The van der Waals surface area contributed by atoms with Crippen LogP contribution in [0.1, 0.15) is 58.9 Å². The minimum atomic E-state index is -0.578. The lowest BCUT2D eigenvalue weighted by Crippen LogP contribution is -2.34. The van der Waals surface area contributed by atoms with Gasteiger partial charge in [-0.05, 0) is 29.9 Å². The third-order valence-corrected chi connectivity index (χ3v) is 4.98. The van der Waals surface area contributed by atoms with Gasteiger partial charge in [0.05, 0.1) is 6.54 Å². The van der Waals surface area contributed by atoms with Gasteiger partial charge in [-0.25, -0.2) is 0 Å². The van der Waals surface area contributed by atoms with Crippen LogP contribution in [-0.2, 0) is 20.9 Å². The van der Waals surface area contributed by atoms with E-state index >= 15 is 0 Å². The van der Waals surface area contributed by atoms with E-state index in [9.17, 15) is 9.59 Å². The Hall–Kier alpha value is -2.14. The zero-order valence-corrected chi connectivity index (χ0v) is 17.8. The maximum Gasteiger partial charge on any atom is 0.322 e. The highest BCUT2D eigenvalue weighted by Crippen LogP contribution is 2.29. The Kier molecular flexibility index (Phi) is 7.81. The fourth-order valence-corrected chi connectivity index (χ4v) is 3.51. The van der Waals surface area contributed by atoms with E-state index in [2.05, 4.69) is 18.4 Å². The zero-order valence-electron chi connectivity index (χ0n) is 17.8. The topological polar surface area (TPSA) is 74.3 Å². The van der Waals surface area contributed by atoms with Gasteiger partial charge in [-0.1, -0.05) is 52.8 Å². The molecule has 2 atom stereocenters. The van der Waals surface area contributed by atoms with E-state index in [-0.39, 0.29) is 24.3 Å². The molecule has 0 spiro atoms. The van der Waals surface area contributed by atoms with Crippen LogP contribution in [0, 0.1) is 11.8 Å². The molecule has 2 unspecified atom stereocenters. The zero-order chi connectivity index (χ0) is 20.8. The van der Waals surface area contributed by atoms with E-state index in [0.717, 1.165) is 16.5 Å². The van der Waals surface area contributed by atoms with E-state index in [1.54, 1.807) is 0 Å². The molecule has 2 N–H and O–H groups in total. The van der Waals surface area contributed by atoms with E-state index in [1.807, 2.05) is 51.2 Å². The van der Waals surface area contributed by atoms with Gasteiger partial charge in [0.2, 0.25) is 0 Å². The van der Waals surface area contributed by atoms with Crippen molar-refractivity contribution in [2.45, 2.75) is 66.0 Å². The van der Waals surface area contributed by atoms with Crippen LogP contribution in [0.4, 0.5) is 0 Å². The normalized spacial score (nSPS) is 13.9. The molecule has 0 radical (unpaired) electrons. The Bertz CT molecular complexity index is 807. The summed E-state index contributed by atoms with van der Waals surface area (Å²) >= 11 is 0. The summed E-state index contributed by atoms with van der Waals surface area (Å²) in [6, 6.07) is 7.47. The number of fused-ring (bicyclic) bond motifs is 1. The number of nitrogens with zero attached hydrogens (tertiary/aromatic N) is 1. The van der Waals surface area contributed by atoms with Gasteiger partial charge >= 0.3 is 5.97 Å². The summed E-state index contributed by atoms with van der Waals surface area (Å²) in [5.74, 6) is 0.437. The highest BCUT2D eigenvalue weighted by atomic mass is 16.5. The molecule has 0 saturated heterocycles. The molecule has 0 saturated carbocycles. The number of ketones is 1. The Balaban J connectivity index is 2.11. The largest absolute Gasteiger partial charge is 0.463 e. The lowest BCUT2D eigenvalue weighted by Gasteiger charge is -2.14. The number of Topliss-reactive ketones (excluding diaryl/α,β-unsaturated/α-hetero) is 1. The van der Waals surface area contributed by atoms with Gasteiger partial charge < -0.3 is 15.0 Å². The number of nitrogens with two attached hydrogens (primary N) is 1. The van der Waals surface area contributed by atoms with Crippen LogP contribution in [0.25, 0.3) is 10.9 Å². The van der Waals surface area contributed by atoms with Crippen LogP contribution in [0.15, 0.2) is 30.5 Å². The van der Waals surface area contributed by atoms with Crippen molar-refractivity contribution in [3.05, 3.63) is 36.0 Å². The fraction of sp³-hybridized carbons (Fsp3) is 0.565. The SMILES string of the molecule is CC(C)CC(=O)C(C)c1cn(CCOC(=O)C(N)CC(C)C)c2ccccc12. The van der Waals surface area contributed by atoms with Gasteiger partial charge in [0, 0.05) is 29.4 Å². The minimum Gasteiger partial charge on any atom is -0.463 e. The van der Waals surface area contributed by atoms with Crippen molar-refractivity contribution < 1.29 is 14.3 Å². The summed E-state index contributed by atoms with van der Waals surface area (Å²) in [6.07, 6.45) is 3.21. The van der Waals surface area contributed by atoms with Gasteiger partial charge in [-0.2, -0.15) is 0 Å². The van der Waals surface area contributed by atoms with E-state index in [0.29, 0.717) is 31.2 Å². The van der Waals surface area contributed by atoms with Crippen molar-refractivity contribution in [2.24, 2.45) is 17.6 Å². The molecule has 0 aliphatic rings. The van der Waals surface area contributed by atoms with Gasteiger partial charge in [0.15, 0.2) is 0 Å². The standard InChI is InChI=1S/C23H34N2O3/c1-15(2)12-20(24)23(27)28-11-10-25-14-19(17(5)22(26)13-16(3)4)18-8-6-7-9-21(18)25/h6-9,14-17,20H,10-13,24H2,1-5H3. The van der Waals surface area contributed by atoms with Gasteiger partial charge in [0.1, 0.15) is 18.4 Å². The predicted octanol–water partition coefficient (Wildman–Crippen LogP) is 4.28. The Morgan fingerprint density at radius 2 is 1.75 bits per heavy atom. The summed E-state index contributed by atoms with van der Waals surface area (Å²) in [4.78, 5) is 24.6. The van der Waals surface area contributed by atoms with Crippen LogP contribution in [0.3, 0.4) is 0 Å². The molecule has 0 aliphatic carbocycles. The number of esters is 1. The summed E-state index contributed by atoms with van der Waals surface area (Å²) in [6.45, 7) is 11.0. The van der Waals surface area contributed by atoms with E-state index in [4.69, 9.17) is 10.5 Å². The van der Waals surface area contributed by atoms with Crippen LogP contribution in [-0.4, -0.2) is 29.0 Å². The first-order chi connectivity index (χ1) is 13.2. The number of hydrogen-bond donors (Lipinski definition) is 1. The maximum absolute atomic E-state index is 12.6.